The van der Waals surface area contributed by atoms with Gasteiger partial charge in [0, 0.05) is 45.6 Å². The van der Waals surface area contributed by atoms with Crippen LogP contribution in [-0.2, 0) is 6.54 Å². The van der Waals surface area contributed by atoms with Crippen LogP contribution in [0, 0.1) is 5.92 Å². The molecule has 5 nitrogen and oxygen atoms in total. The van der Waals surface area contributed by atoms with E-state index in [2.05, 4.69) is 57.6 Å². The Morgan fingerprint density at radius 2 is 2.07 bits per heavy atom. The van der Waals surface area contributed by atoms with Crippen LogP contribution in [0.15, 0.2) is 53.8 Å². The topological polar surface area (TPSA) is 45.5 Å². The van der Waals surface area contributed by atoms with Gasteiger partial charge in [0.1, 0.15) is 0 Å². The Balaban J connectivity index is 0.00000261. The van der Waals surface area contributed by atoms with E-state index < -0.39 is 0 Å². The number of aromatic nitrogens is 2. The van der Waals surface area contributed by atoms with Gasteiger partial charge in [-0.05, 0) is 36.3 Å². The van der Waals surface area contributed by atoms with E-state index in [1.54, 1.807) is 0 Å². The van der Waals surface area contributed by atoms with Crippen LogP contribution in [0.2, 0.25) is 0 Å². The summed E-state index contributed by atoms with van der Waals surface area (Å²) in [6.45, 7) is 6.31. The fourth-order valence-corrected chi connectivity index (χ4v) is 3.98. The van der Waals surface area contributed by atoms with Crippen LogP contribution in [0.1, 0.15) is 37.7 Å². The molecule has 0 amide bonds. The van der Waals surface area contributed by atoms with Crippen LogP contribution in [0.5, 0.6) is 0 Å². The first-order valence-electron chi connectivity index (χ1n) is 9.79. The average Bonchev–Trinajstić information content (AvgIpc) is 3.22. The molecule has 1 N–H and O–H groups in total. The summed E-state index contributed by atoms with van der Waals surface area (Å²) in [6.07, 6.45) is 7.27. The summed E-state index contributed by atoms with van der Waals surface area (Å²) in [4.78, 5) is 6.95. The van der Waals surface area contributed by atoms with Gasteiger partial charge in [-0.3, -0.25) is 9.67 Å². The highest BCUT2D eigenvalue weighted by Gasteiger charge is 2.30. The van der Waals surface area contributed by atoms with Crippen molar-refractivity contribution in [1.82, 2.24) is 20.0 Å². The minimum absolute atomic E-state index is 0. The minimum atomic E-state index is 0. The van der Waals surface area contributed by atoms with Crippen molar-refractivity contribution < 1.29 is 0 Å². The first-order valence-corrected chi connectivity index (χ1v) is 9.79. The number of hydrogen-bond acceptors (Lipinski definition) is 2. The van der Waals surface area contributed by atoms with Gasteiger partial charge in [-0.2, -0.15) is 5.10 Å². The summed E-state index contributed by atoms with van der Waals surface area (Å²) in [5, 5.41) is 7.78. The van der Waals surface area contributed by atoms with E-state index >= 15 is 0 Å². The number of piperidine rings is 1. The summed E-state index contributed by atoms with van der Waals surface area (Å²) in [6, 6.07) is 13.0. The van der Waals surface area contributed by atoms with Crippen molar-refractivity contribution in [3.63, 3.8) is 0 Å². The Morgan fingerprint density at radius 3 is 2.74 bits per heavy atom. The minimum Gasteiger partial charge on any atom is -0.356 e. The highest BCUT2D eigenvalue weighted by molar-refractivity contribution is 14.0. The lowest BCUT2D eigenvalue weighted by molar-refractivity contribution is 0.215. The first-order chi connectivity index (χ1) is 12.8. The second-order valence-corrected chi connectivity index (χ2v) is 7.02. The SMILES string of the molecule is CCC1CN(C(=NC)NCCCn2cccn2)CCC1c1ccccc1.I. The van der Waals surface area contributed by atoms with E-state index in [1.165, 1.54) is 18.4 Å². The van der Waals surface area contributed by atoms with Gasteiger partial charge in [-0.1, -0.05) is 43.7 Å². The molecule has 1 aliphatic rings. The molecule has 1 aromatic carbocycles. The van der Waals surface area contributed by atoms with Crippen LogP contribution in [-0.4, -0.2) is 47.3 Å². The van der Waals surface area contributed by atoms with Crippen LogP contribution in [0.25, 0.3) is 0 Å². The zero-order chi connectivity index (χ0) is 18.2. The number of rotatable bonds is 6. The zero-order valence-electron chi connectivity index (χ0n) is 16.4. The number of hydrogen-bond donors (Lipinski definition) is 1. The molecular formula is C21H32IN5. The lowest BCUT2D eigenvalue weighted by Crippen LogP contribution is -2.48. The van der Waals surface area contributed by atoms with Gasteiger partial charge in [-0.15, -0.1) is 24.0 Å². The smallest absolute Gasteiger partial charge is 0.193 e. The Morgan fingerprint density at radius 1 is 1.26 bits per heavy atom. The van der Waals surface area contributed by atoms with Crippen molar-refractivity contribution in [1.29, 1.82) is 0 Å². The predicted molar refractivity (Wildman–Crippen MR) is 123 cm³/mol. The molecule has 0 radical (unpaired) electrons. The molecule has 6 heteroatoms. The van der Waals surface area contributed by atoms with Crippen molar-refractivity contribution in [3.8, 4) is 0 Å². The number of benzene rings is 1. The fourth-order valence-electron chi connectivity index (χ4n) is 3.98. The number of aryl methyl sites for hydroxylation is 1. The number of likely N-dealkylation sites (tertiary alicyclic amines) is 1. The van der Waals surface area contributed by atoms with Gasteiger partial charge in [-0.25, -0.2) is 0 Å². The number of guanidine groups is 1. The Labute approximate surface area is 180 Å². The Kier molecular flexibility index (Phi) is 9.10. The Hall–Kier alpha value is -1.57. The standard InChI is InChI=1S/C21H31N5.HI/c1-3-18-17-25(16-11-20(18)19-9-5-4-6-10-19)21(22-2)23-12-7-14-26-15-8-13-24-26;/h4-6,8-10,13,15,18,20H,3,7,11-12,14,16-17H2,1-2H3,(H,22,23);1H. The summed E-state index contributed by atoms with van der Waals surface area (Å²) in [5.74, 6) is 2.37. The number of aliphatic imine (C=N–C) groups is 1. The molecule has 0 spiro atoms. The average molecular weight is 481 g/mol. The van der Waals surface area contributed by atoms with Gasteiger partial charge in [0.2, 0.25) is 0 Å². The van der Waals surface area contributed by atoms with Crippen LogP contribution < -0.4 is 5.32 Å². The summed E-state index contributed by atoms with van der Waals surface area (Å²) in [7, 11) is 1.89. The molecule has 2 aromatic rings. The second kappa shape index (κ2) is 11.3. The van der Waals surface area contributed by atoms with Crippen molar-refractivity contribution in [3.05, 3.63) is 54.4 Å². The normalized spacial score (nSPS) is 20.2. The van der Waals surface area contributed by atoms with Crippen LogP contribution in [0.3, 0.4) is 0 Å². The molecular weight excluding hydrogens is 449 g/mol. The quantitative estimate of drug-likeness (QED) is 0.294. The van der Waals surface area contributed by atoms with E-state index in [0.717, 1.165) is 38.6 Å². The predicted octanol–water partition coefficient (Wildman–Crippen LogP) is 3.98. The zero-order valence-corrected chi connectivity index (χ0v) is 18.8. The number of nitrogens with one attached hydrogen (secondary N) is 1. The van der Waals surface area contributed by atoms with Gasteiger partial charge in [0.05, 0.1) is 0 Å². The van der Waals surface area contributed by atoms with E-state index in [-0.39, 0.29) is 24.0 Å². The highest BCUT2D eigenvalue weighted by atomic mass is 127. The lowest BCUT2D eigenvalue weighted by Gasteiger charge is -2.40. The maximum atomic E-state index is 4.52. The molecule has 1 aliphatic heterocycles. The summed E-state index contributed by atoms with van der Waals surface area (Å²) >= 11 is 0. The lowest BCUT2D eigenvalue weighted by atomic mass is 9.79. The largest absolute Gasteiger partial charge is 0.356 e. The van der Waals surface area contributed by atoms with Gasteiger partial charge >= 0.3 is 0 Å². The van der Waals surface area contributed by atoms with Crippen molar-refractivity contribution in [2.24, 2.45) is 10.9 Å². The van der Waals surface area contributed by atoms with Crippen LogP contribution in [0.4, 0.5) is 0 Å². The molecule has 0 bridgehead atoms. The third-order valence-corrected chi connectivity index (χ3v) is 5.40. The summed E-state index contributed by atoms with van der Waals surface area (Å²) in [5.41, 5.74) is 1.49. The summed E-state index contributed by atoms with van der Waals surface area (Å²) < 4.78 is 1.98. The molecule has 1 fully saturated rings. The molecule has 148 valence electrons. The van der Waals surface area contributed by atoms with Crippen molar-refractivity contribution >= 4 is 29.9 Å². The van der Waals surface area contributed by atoms with Gasteiger partial charge in [0.15, 0.2) is 5.96 Å². The third kappa shape index (κ3) is 5.96. The molecule has 0 aliphatic carbocycles. The van der Waals surface area contributed by atoms with Crippen molar-refractivity contribution in [2.45, 2.75) is 38.6 Å². The molecule has 1 saturated heterocycles. The molecule has 3 rings (SSSR count). The second-order valence-electron chi connectivity index (χ2n) is 7.02. The third-order valence-electron chi connectivity index (χ3n) is 5.40. The Bertz CT molecular complexity index is 671. The van der Waals surface area contributed by atoms with E-state index in [9.17, 15) is 0 Å². The molecule has 0 saturated carbocycles. The maximum absolute atomic E-state index is 4.52. The number of halogens is 1. The van der Waals surface area contributed by atoms with Gasteiger partial charge in [0.25, 0.3) is 0 Å². The van der Waals surface area contributed by atoms with Gasteiger partial charge < -0.3 is 10.2 Å². The monoisotopic (exact) mass is 481 g/mol. The number of nitrogens with zero attached hydrogens (tertiary/aromatic N) is 4. The first kappa shape index (κ1) is 21.7. The highest BCUT2D eigenvalue weighted by Crippen LogP contribution is 2.34. The molecule has 1 aromatic heterocycles. The molecule has 27 heavy (non-hydrogen) atoms. The van der Waals surface area contributed by atoms with Crippen LogP contribution >= 0.6 is 24.0 Å². The maximum Gasteiger partial charge on any atom is 0.193 e. The van der Waals surface area contributed by atoms with Crippen molar-refractivity contribution in [2.75, 3.05) is 26.7 Å². The van der Waals surface area contributed by atoms with E-state index in [4.69, 9.17) is 0 Å². The molecule has 2 atom stereocenters. The fraction of sp³-hybridized carbons (Fsp3) is 0.524. The van der Waals surface area contributed by atoms with E-state index in [1.807, 2.05) is 30.2 Å². The molecule has 2 heterocycles. The van der Waals surface area contributed by atoms with E-state index in [0.29, 0.717) is 11.8 Å². The molecule has 2 unspecified atom stereocenters.